The van der Waals surface area contributed by atoms with E-state index in [2.05, 4.69) is 0 Å². The van der Waals surface area contributed by atoms with Gasteiger partial charge in [0.05, 0.1) is 19.3 Å². The zero-order valence-corrected chi connectivity index (χ0v) is 9.25. The highest BCUT2D eigenvalue weighted by Crippen LogP contribution is 2.09. The molecule has 0 saturated heterocycles. The molecule has 0 fully saturated rings. The van der Waals surface area contributed by atoms with Crippen molar-refractivity contribution < 1.29 is 35.4 Å². The fraction of sp³-hybridized carbons (Fsp3) is 0.889. The first kappa shape index (κ1) is 16.2. The topological polar surface area (TPSA) is 142 Å². The molecule has 8 heteroatoms. The molecule has 0 aromatic carbocycles. The van der Waals surface area contributed by atoms with E-state index < -0.39 is 37.6 Å². The molecule has 6 N–H and O–H groups in total. The lowest BCUT2D eigenvalue weighted by atomic mass is 10.1. The minimum atomic E-state index is -1.60. The Morgan fingerprint density at radius 2 is 1.59 bits per heavy atom. The first-order chi connectivity index (χ1) is 7.97. The molecule has 0 saturated carbocycles. The van der Waals surface area contributed by atoms with Crippen LogP contribution in [0.2, 0.25) is 0 Å². The molecule has 1 amide bonds. The van der Waals surface area contributed by atoms with Crippen molar-refractivity contribution >= 4 is 6.41 Å². The van der Waals surface area contributed by atoms with E-state index >= 15 is 0 Å². The summed E-state index contributed by atoms with van der Waals surface area (Å²) < 4.78 is 0. The standard InChI is InChI=1S/C9H19NO7/c11-2-1-10(5-13)9(17)7(15)3-6(14)8(16)4-12/h5-9,11-12,14-17H,1-4H2/t6-,7+,8+,9?/m0/s1. The van der Waals surface area contributed by atoms with Crippen molar-refractivity contribution in [3.8, 4) is 0 Å². The molecule has 0 aliphatic heterocycles. The van der Waals surface area contributed by atoms with Crippen molar-refractivity contribution in [2.75, 3.05) is 19.8 Å². The fourth-order valence-corrected chi connectivity index (χ4v) is 1.23. The molecule has 0 radical (unpaired) electrons. The largest absolute Gasteiger partial charge is 0.395 e. The highest BCUT2D eigenvalue weighted by atomic mass is 16.4. The van der Waals surface area contributed by atoms with Crippen LogP contribution in [0.1, 0.15) is 6.42 Å². The Morgan fingerprint density at radius 3 is 2.00 bits per heavy atom. The molecule has 0 spiro atoms. The van der Waals surface area contributed by atoms with Gasteiger partial charge >= 0.3 is 0 Å². The molecular formula is C9H19NO7. The molecule has 4 atom stereocenters. The van der Waals surface area contributed by atoms with Crippen LogP contribution in [0.15, 0.2) is 0 Å². The molecule has 0 aliphatic carbocycles. The van der Waals surface area contributed by atoms with Gasteiger partial charge in [-0.1, -0.05) is 0 Å². The molecule has 1 unspecified atom stereocenters. The molecule has 0 aromatic heterocycles. The van der Waals surface area contributed by atoms with Gasteiger partial charge in [0.15, 0.2) is 6.23 Å². The van der Waals surface area contributed by atoms with Crippen molar-refractivity contribution in [3.63, 3.8) is 0 Å². The van der Waals surface area contributed by atoms with Gasteiger partial charge in [-0.05, 0) is 0 Å². The molecule has 102 valence electrons. The minimum Gasteiger partial charge on any atom is -0.395 e. The van der Waals surface area contributed by atoms with Crippen molar-refractivity contribution in [1.29, 1.82) is 0 Å². The maximum atomic E-state index is 10.5. The fourth-order valence-electron chi connectivity index (χ4n) is 1.23. The maximum absolute atomic E-state index is 10.5. The normalized spacial score (nSPS) is 18.2. The van der Waals surface area contributed by atoms with Crippen molar-refractivity contribution in [3.05, 3.63) is 0 Å². The Labute approximate surface area is 98.3 Å². The van der Waals surface area contributed by atoms with Crippen LogP contribution in [0.25, 0.3) is 0 Å². The molecule has 0 aromatic rings. The number of amides is 1. The van der Waals surface area contributed by atoms with Crippen LogP contribution >= 0.6 is 0 Å². The lowest BCUT2D eigenvalue weighted by Gasteiger charge is -2.29. The summed E-state index contributed by atoms with van der Waals surface area (Å²) in [5, 5.41) is 54.4. The van der Waals surface area contributed by atoms with Crippen molar-refractivity contribution in [1.82, 2.24) is 4.90 Å². The van der Waals surface area contributed by atoms with Crippen LogP contribution in [0, 0.1) is 0 Å². The SMILES string of the molecule is O=CN(CCO)C(O)[C@H](O)C[C@H](O)[C@H](O)CO. The van der Waals surface area contributed by atoms with Gasteiger partial charge < -0.3 is 35.5 Å². The number of aliphatic hydroxyl groups is 6. The third-order valence-electron chi connectivity index (χ3n) is 2.29. The smallest absolute Gasteiger partial charge is 0.211 e. The molecule has 0 heterocycles. The Kier molecular flexibility index (Phi) is 7.96. The first-order valence-electron chi connectivity index (χ1n) is 5.12. The summed E-state index contributed by atoms with van der Waals surface area (Å²) in [7, 11) is 0. The lowest BCUT2D eigenvalue weighted by molar-refractivity contribution is -0.143. The molecule has 8 nitrogen and oxygen atoms in total. The minimum absolute atomic E-state index is 0.166. The van der Waals surface area contributed by atoms with E-state index in [1.54, 1.807) is 0 Å². The van der Waals surface area contributed by atoms with Crippen LogP contribution in [0.3, 0.4) is 0 Å². The van der Waals surface area contributed by atoms with Gasteiger partial charge in [-0.15, -0.1) is 0 Å². The van der Waals surface area contributed by atoms with E-state index in [-0.39, 0.29) is 19.6 Å². The Bertz CT molecular complexity index is 216. The third kappa shape index (κ3) is 5.39. The van der Waals surface area contributed by atoms with Crippen LogP contribution in [0.4, 0.5) is 0 Å². The van der Waals surface area contributed by atoms with Gasteiger partial charge in [-0.2, -0.15) is 0 Å². The third-order valence-corrected chi connectivity index (χ3v) is 2.29. The first-order valence-corrected chi connectivity index (χ1v) is 5.12. The number of hydrogen-bond donors (Lipinski definition) is 6. The quantitative estimate of drug-likeness (QED) is 0.183. The second-order valence-electron chi connectivity index (χ2n) is 3.60. The average Bonchev–Trinajstić information content (AvgIpc) is 2.33. The number of nitrogens with zero attached hydrogens (tertiary/aromatic N) is 1. The zero-order chi connectivity index (χ0) is 13.4. The maximum Gasteiger partial charge on any atom is 0.211 e. The summed E-state index contributed by atoms with van der Waals surface area (Å²) >= 11 is 0. The highest BCUT2D eigenvalue weighted by Gasteiger charge is 2.27. The summed E-state index contributed by atoms with van der Waals surface area (Å²) in [6.07, 6.45) is -6.12. The number of carbonyl (C=O) groups excluding carboxylic acids is 1. The molecule has 0 rings (SSSR count). The van der Waals surface area contributed by atoms with Gasteiger partial charge in [0.1, 0.15) is 12.2 Å². The summed E-state index contributed by atoms with van der Waals surface area (Å²) in [6, 6.07) is 0. The van der Waals surface area contributed by atoms with Gasteiger partial charge in [0.25, 0.3) is 0 Å². The second kappa shape index (κ2) is 8.34. The van der Waals surface area contributed by atoms with Crippen LogP contribution in [0.5, 0.6) is 0 Å². The molecular weight excluding hydrogens is 234 g/mol. The van der Waals surface area contributed by atoms with E-state index in [1.165, 1.54) is 0 Å². The highest BCUT2D eigenvalue weighted by molar-refractivity contribution is 5.47. The van der Waals surface area contributed by atoms with Crippen LogP contribution < -0.4 is 0 Å². The number of hydrogen-bond acceptors (Lipinski definition) is 7. The van der Waals surface area contributed by atoms with Gasteiger partial charge in [0, 0.05) is 13.0 Å². The number of carbonyl (C=O) groups is 1. The predicted octanol–water partition coefficient (Wildman–Crippen LogP) is -3.78. The number of aliphatic hydroxyl groups excluding tert-OH is 6. The van der Waals surface area contributed by atoms with Gasteiger partial charge in [-0.25, -0.2) is 0 Å². The van der Waals surface area contributed by atoms with Crippen LogP contribution in [-0.4, -0.2) is 86.2 Å². The van der Waals surface area contributed by atoms with E-state index in [9.17, 15) is 20.1 Å². The Balaban J connectivity index is 4.28. The Hall–Kier alpha value is -0.770. The van der Waals surface area contributed by atoms with E-state index in [4.69, 9.17) is 15.3 Å². The monoisotopic (exact) mass is 253 g/mol. The predicted molar refractivity (Wildman–Crippen MR) is 55.6 cm³/mol. The van der Waals surface area contributed by atoms with E-state index in [1.807, 2.05) is 0 Å². The van der Waals surface area contributed by atoms with Crippen molar-refractivity contribution in [2.45, 2.75) is 31.0 Å². The second-order valence-corrected chi connectivity index (χ2v) is 3.60. The summed E-state index contributed by atoms with van der Waals surface area (Å²) in [5.74, 6) is 0. The molecule has 17 heavy (non-hydrogen) atoms. The van der Waals surface area contributed by atoms with Gasteiger partial charge in [0.2, 0.25) is 6.41 Å². The summed E-state index contributed by atoms with van der Waals surface area (Å²) in [4.78, 5) is 11.3. The average molecular weight is 253 g/mol. The number of rotatable bonds is 9. The van der Waals surface area contributed by atoms with Crippen molar-refractivity contribution in [2.24, 2.45) is 0 Å². The van der Waals surface area contributed by atoms with E-state index in [0.29, 0.717) is 0 Å². The summed E-state index contributed by atoms with van der Waals surface area (Å²) in [6.45, 7) is -1.23. The molecule has 0 bridgehead atoms. The molecule has 0 aliphatic rings. The van der Waals surface area contributed by atoms with Gasteiger partial charge in [-0.3, -0.25) is 4.79 Å². The Morgan fingerprint density at radius 1 is 1.00 bits per heavy atom. The van der Waals surface area contributed by atoms with E-state index in [0.717, 1.165) is 4.90 Å². The zero-order valence-electron chi connectivity index (χ0n) is 9.25. The lowest BCUT2D eigenvalue weighted by Crippen LogP contribution is -2.46. The van der Waals surface area contributed by atoms with Crippen LogP contribution in [-0.2, 0) is 4.79 Å². The summed E-state index contributed by atoms with van der Waals surface area (Å²) in [5.41, 5.74) is 0.